The van der Waals surface area contributed by atoms with E-state index in [4.69, 9.17) is 0 Å². The fourth-order valence-electron chi connectivity index (χ4n) is 2.49. The highest BCUT2D eigenvalue weighted by Crippen LogP contribution is 2.24. The Morgan fingerprint density at radius 2 is 1.85 bits per heavy atom. The fraction of sp³-hybridized carbons (Fsp3) is 0. The molecule has 0 saturated heterocycles. The molecule has 8 heteroatoms. The summed E-state index contributed by atoms with van der Waals surface area (Å²) < 4.78 is 2.67. The van der Waals surface area contributed by atoms with E-state index in [0.717, 1.165) is 10.4 Å². The summed E-state index contributed by atoms with van der Waals surface area (Å²) in [7, 11) is 0. The molecule has 2 N–H and O–H groups in total. The molecule has 4 aromatic rings. The topological polar surface area (TPSA) is 106 Å². The molecule has 0 unspecified atom stereocenters. The van der Waals surface area contributed by atoms with Crippen LogP contribution >= 0.6 is 0 Å². The van der Waals surface area contributed by atoms with Gasteiger partial charge in [-0.2, -0.15) is 14.9 Å². The third-order valence-corrected chi connectivity index (χ3v) is 3.80. The van der Waals surface area contributed by atoms with Crippen molar-refractivity contribution in [2.45, 2.75) is 0 Å². The van der Waals surface area contributed by atoms with Crippen LogP contribution in [0.1, 0.15) is 5.56 Å². The Morgan fingerprint density at radius 3 is 2.62 bits per heavy atom. The number of aromatic nitrogens is 4. The van der Waals surface area contributed by atoms with Crippen LogP contribution in [0.3, 0.4) is 0 Å². The van der Waals surface area contributed by atoms with Gasteiger partial charge in [-0.25, -0.2) is 9.67 Å². The monoisotopic (exact) mass is 347 g/mol. The maximum atomic E-state index is 12.6. The zero-order valence-corrected chi connectivity index (χ0v) is 13.4. The number of hydrogen-bond acceptors (Lipinski definition) is 6. The minimum absolute atomic E-state index is 0.226. The molecular formula is C18H13N5O3. The molecule has 4 rings (SSSR count). The normalized spacial score (nSPS) is 11.4. The average Bonchev–Trinajstić information content (AvgIpc) is 3.09. The SMILES string of the molecule is O=c1c2cnn(-c3ccccc3)c2ncn1/N=C/c1ccc(O)c(O)c1. The molecule has 2 aromatic carbocycles. The van der Waals surface area contributed by atoms with Crippen molar-refractivity contribution in [3.63, 3.8) is 0 Å². The van der Waals surface area contributed by atoms with Gasteiger partial charge in [-0.15, -0.1) is 0 Å². The number of fused-ring (bicyclic) bond motifs is 1. The fourth-order valence-corrected chi connectivity index (χ4v) is 2.49. The van der Waals surface area contributed by atoms with Crippen LogP contribution in [-0.4, -0.2) is 35.9 Å². The highest BCUT2D eigenvalue weighted by atomic mass is 16.3. The minimum atomic E-state index is -0.364. The summed E-state index contributed by atoms with van der Waals surface area (Å²) in [4.78, 5) is 16.9. The number of benzene rings is 2. The second kappa shape index (κ2) is 6.17. The standard InChI is InChI=1S/C18H13N5O3/c24-15-7-6-12(8-16(15)25)9-20-22-11-19-17-14(18(22)26)10-21-23(17)13-4-2-1-3-5-13/h1-11,24-25H/b20-9+. The maximum Gasteiger partial charge on any atom is 0.285 e. The Labute approximate surface area is 146 Å². The number of nitrogens with zero attached hydrogens (tertiary/aromatic N) is 5. The van der Waals surface area contributed by atoms with Crippen LogP contribution in [0.2, 0.25) is 0 Å². The van der Waals surface area contributed by atoms with Gasteiger partial charge in [0.1, 0.15) is 11.7 Å². The predicted octanol–water partition coefficient (Wildman–Crippen LogP) is 1.88. The molecule has 0 radical (unpaired) electrons. The summed E-state index contributed by atoms with van der Waals surface area (Å²) in [6, 6.07) is 13.6. The first-order valence-corrected chi connectivity index (χ1v) is 7.70. The number of rotatable bonds is 3. The second-order valence-corrected chi connectivity index (χ2v) is 5.52. The first kappa shape index (κ1) is 15.6. The lowest BCUT2D eigenvalue weighted by Crippen LogP contribution is -2.17. The Morgan fingerprint density at radius 1 is 1.04 bits per heavy atom. The van der Waals surface area contributed by atoms with Gasteiger partial charge in [-0.05, 0) is 35.9 Å². The van der Waals surface area contributed by atoms with Gasteiger partial charge in [0.2, 0.25) is 0 Å². The first-order chi connectivity index (χ1) is 12.6. The van der Waals surface area contributed by atoms with Crippen molar-refractivity contribution in [2.24, 2.45) is 5.10 Å². The zero-order chi connectivity index (χ0) is 18.1. The van der Waals surface area contributed by atoms with Crippen molar-refractivity contribution in [1.82, 2.24) is 19.4 Å². The molecule has 8 nitrogen and oxygen atoms in total. The molecular weight excluding hydrogens is 334 g/mol. The number of phenols is 2. The highest BCUT2D eigenvalue weighted by molar-refractivity contribution is 5.81. The average molecular weight is 347 g/mol. The van der Waals surface area contributed by atoms with Crippen LogP contribution in [0.25, 0.3) is 16.7 Å². The molecule has 0 atom stereocenters. The first-order valence-electron chi connectivity index (χ1n) is 7.70. The summed E-state index contributed by atoms with van der Waals surface area (Å²) in [6.07, 6.45) is 4.15. The van der Waals surface area contributed by atoms with E-state index in [1.54, 1.807) is 10.7 Å². The molecule has 0 aliphatic heterocycles. The zero-order valence-electron chi connectivity index (χ0n) is 13.4. The van der Waals surface area contributed by atoms with Crippen molar-refractivity contribution in [1.29, 1.82) is 0 Å². The van der Waals surface area contributed by atoms with Gasteiger partial charge in [-0.3, -0.25) is 4.79 Å². The smallest absolute Gasteiger partial charge is 0.285 e. The largest absolute Gasteiger partial charge is 0.504 e. The van der Waals surface area contributed by atoms with Crippen LogP contribution in [0.4, 0.5) is 0 Å². The molecule has 2 heterocycles. The van der Waals surface area contributed by atoms with Gasteiger partial charge in [0.25, 0.3) is 5.56 Å². The maximum absolute atomic E-state index is 12.6. The molecule has 0 fully saturated rings. The molecule has 128 valence electrons. The molecule has 2 aromatic heterocycles. The number of phenolic OH excluding ortho intramolecular Hbond substituents is 2. The summed E-state index contributed by atoms with van der Waals surface area (Å²) >= 11 is 0. The third kappa shape index (κ3) is 2.69. The van der Waals surface area contributed by atoms with Gasteiger partial charge < -0.3 is 10.2 Å². The van der Waals surface area contributed by atoms with E-state index in [1.807, 2.05) is 30.3 Å². The van der Waals surface area contributed by atoms with Crippen LogP contribution < -0.4 is 5.56 Å². The van der Waals surface area contributed by atoms with Gasteiger partial charge in [0.15, 0.2) is 17.1 Å². The van der Waals surface area contributed by atoms with Crippen molar-refractivity contribution in [3.05, 3.63) is 77.0 Å². The lowest BCUT2D eigenvalue weighted by atomic mass is 10.2. The van der Waals surface area contributed by atoms with E-state index in [-0.39, 0.29) is 17.1 Å². The summed E-state index contributed by atoms with van der Waals surface area (Å²) in [6.45, 7) is 0. The molecule has 0 saturated carbocycles. The lowest BCUT2D eigenvalue weighted by Gasteiger charge is -2.03. The van der Waals surface area contributed by atoms with Crippen molar-refractivity contribution < 1.29 is 10.2 Å². The van der Waals surface area contributed by atoms with E-state index in [9.17, 15) is 15.0 Å². The lowest BCUT2D eigenvalue weighted by molar-refractivity contribution is 0.403. The van der Waals surface area contributed by atoms with Crippen molar-refractivity contribution in [2.75, 3.05) is 0 Å². The predicted molar refractivity (Wildman–Crippen MR) is 95.9 cm³/mol. The molecule has 26 heavy (non-hydrogen) atoms. The second-order valence-electron chi connectivity index (χ2n) is 5.52. The van der Waals surface area contributed by atoms with E-state index in [1.165, 1.54) is 30.9 Å². The van der Waals surface area contributed by atoms with Crippen molar-refractivity contribution >= 4 is 17.2 Å². The Bertz CT molecular complexity index is 1180. The van der Waals surface area contributed by atoms with E-state index < -0.39 is 0 Å². The van der Waals surface area contributed by atoms with Gasteiger partial charge in [0, 0.05) is 0 Å². The minimum Gasteiger partial charge on any atom is -0.504 e. The Balaban J connectivity index is 1.74. The van der Waals surface area contributed by atoms with Crippen molar-refractivity contribution in [3.8, 4) is 17.2 Å². The number of aromatic hydroxyl groups is 2. The Hall–Kier alpha value is -3.94. The third-order valence-electron chi connectivity index (χ3n) is 3.80. The van der Waals surface area contributed by atoms with E-state index in [2.05, 4.69) is 15.2 Å². The van der Waals surface area contributed by atoms with Gasteiger partial charge in [-0.1, -0.05) is 18.2 Å². The number of hydrogen-bond donors (Lipinski definition) is 2. The van der Waals surface area contributed by atoms with Gasteiger partial charge in [0.05, 0.1) is 18.1 Å². The quantitative estimate of drug-likeness (QED) is 0.435. The summed E-state index contributed by atoms with van der Waals surface area (Å²) in [5.41, 5.74) is 1.40. The van der Waals surface area contributed by atoms with Crippen LogP contribution in [-0.2, 0) is 0 Å². The molecule has 0 bridgehead atoms. The highest BCUT2D eigenvalue weighted by Gasteiger charge is 2.10. The number of para-hydroxylation sites is 1. The molecule has 0 aliphatic rings. The van der Waals surface area contributed by atoms with Gasteiger partial charge >= 0.3 is 0 Å². The van der Waals surface area contributed by atoms with Crippen LogP contribution in [0.5, 0.6) is 11.5 Å². The summed E-state index contributed by atoms with van der Waals surface area (Å²) in [5.74, 6) is -0.491. The van der Waals surface area contributed by atoms with Crippen LogP contribution in [0, 0.1) is 0 Å². The molecule has 0 spiro atoms. The molecule has 0 amide bonds. The van der Waals surface area contributed by atoms with E-state index >= 15 is 0 Å². The van der Waals surface area contributed by atoms with Crippen LogP contribution in [0.15, 0.2) is 71.0 Å². The summed E-state index contributed by atoms with van der Waals surface area (Å²) in [5, 5.41) is 27.5. The Kier molecular flexibility index (Phi) is 3.70. The molecule has 0 aliphatic carbocycles. The van der Waals surface area contributed by atoms with E-state index in [0.29, 0.717) is 16.6 Å².